The maximum Gasteiger partial charge on any atom is 0.125 e. The van der Waals surface area contributed by atoms with Crippen LogP contribution in [-0.2, 0) is 4.74 Å². The summed E-state index contributed by atoms with van der Waals surface area (Å²) in [6.45, 7) is 3.07. The third-order valence-electron chi connectivity index (χ3n) is 3.28. The number of benzene rings is 1. The van der Waals surface area contributed by atoms with Crippen LogP contribution in [0.3, 0.4) is 0 Å². The van der Waals surface area contributed by atoms with E-state index in [1.54, 1.807) is 7.11 Å². The Hall–Kier alpha value is -0.770. The predicted octanol–water partition coefficient (Wildman–Crippen LogP) is 3.08. The molecule has 0 amide bonds. The monoisotopic (exact) mass is 269 g/mol. The van der Waals surface area contributed by atoms with E-state index in [1.807, 2.05) is 19.1 Å². The summed E-state index contributed by atoms with van der Waals surface area (Å²) in [7, 11) is 1.68. The number of halogens is 1. The van der Waals surface area contributed by atoms with Crippen LogP contribution in [0, 0.1) is 12.8 Å². The van der Waals surface area contributed by atoms with Gasteiger partial charge in [-0.3, -0.25) is 0 Å². The zero-order valence-corrected chi connectivity index (χ0v) is 11.7. The van der Waals surface area contributed by atoms with Gasteiger partial charge in [0.15, 0.2) is 0 Å². The fourth-order valence-corrected chi connectivity index (χ4v) is 2.32. The molecule has 1 aromatic rings. The van der Waals surface area contributed by atoms with Crippen molar-refractivity contribution in [3.63, 3.8) is 0 Å². The van der Waals surface area contributed by atoms with Gasteiger partial charge in [0.1, 0.15) is 5.75 Å². The molecule has 2 rings (SSSR count). The Kier molecular flexibility index (Phi) is 4.49. The van der Waals surface area contributed by atoms with Crippen molar-refractivity contribution in [1.29, 1.82) is 0 Å². The number of nitrogens with two attached hydrogens (primary N) is 1. The third kappa shape index (κ3) is 2.97. The normalized spacial score (nSPS) is 16.7. The van der Waals surface area contributed by atoms with Gasteiger partial charge in [-0.05, 0) is 43.4 Å². The molecule has 100 valence electrons. The molecule has 4 heteroatoms. The topological polar surface area (TPSA) is 44.5 Å². The molecule has 0 saturated heterocycles. The van der Waals surface area contributed by atoms with Crippen LogP contribution in [0.5, 0.6) is 5.75 Å². The fourth-order valence-electron chi connectivity index (χ4n) is 2.14. The molecule has 1 aliphatic rings. The second kappa shape index (κ2) is 5.91. The van der Waals surface area contributed by atoms with Crippen molar-refractivity contribution in [3.05, 3.63) is 28.3 Å². The first-order chi connectivity index (χ1) is 8.67. The maximum absolute atomic E-state index is 6.21. The van der Waals surface area contributed by atoms with E-state index < -0.39 is 0 Å². The van der Waals surface area contributed by atoms with Crippen molar-refractivity contribution in [2.45, 2.75) is 25.9 Å². The SMILES string of the molecule is COc1cc(C)c(Cl)cc1C(OCCN)C1CC1. The van der Waals surface area contributed by atoms with Crippen molar-refractivity contribution in [2.75, 3.05) is 20.3 Å². The molecule has 3 nitrogen and oxygen atoms in total. The highest BCUT2D eigenvalue weighted by Gasteiger charge is 2.35. The summed E-state index contributed by atoms with van der Waals surface area (Å²) in [5.41, 5.74) is 7.58. The van der Waals surface area contributed by atoms with Gasteiger partial charge in [0.25, 0.3) is 0 Å². The number of hydrogen-bond acceptors (Lipinski definition) is 3. The van der Waals surface area contributed by atoms with Crippen LogP contribution in [0.4, 0.5) is 0 Å². The van der Waals surface area contributed by atoms with E-state index in [9.17, 15) is 0 Å². The van der Waals surface area contributed by atoms with Gasteiger partial charge >= 0.3 is 0 Å². The Balaban J connectivity index is 2.30. The zero-order valence-electron chi connectivity index (χ0n) is 10.9. The highest BCUT2D eigenvalue weighted by molar-refractivity contribution is 6.31. The average Bonchev–Trinajstić information content (AvgIpc) is 3.18. The minimum absolute atomic E-state index is 0.0570. The van der Waals surface area contributed by atoms with Crippen LogP contribution in [-0.4, -0.2) is 20.3 Å². The fraction of sp³-hybridized carbons (Fsp3) is 0.571. The molecule has 1 unspecified atom stereocenters. The summed E-state index contributed by atoms with van der Waals surface area (Å²) in [4.78, 5) is 0. The second-order valence-corrected chi connectivity index (χ2v) is 5.17. The first kappa shape index (κ1) is 13.7. The summed E-state index contributed by atoms with van der Waals surface area (Å²) >= 11 is 6.21. The van der Waals surface area contributed by atoms with Gasteiger partial charge < -0.3 is 15.2 Å². The van der Waals surface area contributed by atoms with E-state index in [2.05, 4.69) is 0 Å². The van der Waals surface area contributed by atoms with E-state index in [0.29, 0.717) is 19.1 Å². The number of methoxy groups -OCH3 is 1. The van der Waals surface area contributed by atoms with E-state index in [4.69, 9.17) is 26.8 Å². The van der Waals surface area contributed by atoms with Gasteiger partial charge in [0.05, 0.1) is 19.8 Å². The molecule has 0 spiro atoms. The van der Waals surface area contributed by atoms with Crippen molar-refractivity contribution < 1.29 is 9.47 Å². The third-order valence-corrected chi connectivity index (χ3v) is 3.69. The van der Waals surface area contributed by atoms with Crippen LogP contribution >= 0.6 is 11.6 Å². The number of aryl methyl sites for hydroxylation is 1. The number of hydrogen-bond donors (Lipinski definition) is 1. The van der Waals surface area contributed by atoms with Gasteiger partial charge in [-0.1, -0.05) is 11.6 Å². The summed E-state index contributed by atoms with van der Waals surface area (Å²) in [5, 5.41) is 0.757. The molecule has 0 aromatic heterocycles. The number of rotatable bonds is 6. The number of ether oxygens (including phenoxy) is 2. The van der Waals surface area contributed by atoms with Crippen LogP contribution in [0.15, 0.2) is 12.1 Å². The van der Waals surface area contributed by atoms with Crippen molar-refractivity contribution in [1.82, 2.24) is 0 Å². The van der Waals surface area contributed by atoms with Crippen LogP contribution < -0.4 is 10.5 Å². The van der Waals surface area contributed by atoms with Gasteiger partial charge in [-0.15, -0.1) is 0 Å². The Morgan fingerprint density at radius 1 is 1.44 bits per heavy atom. The molecule has 1 fully saturated rings. The molecule has 2 N–H and O–H groups in total. The van der Waals surface area contributed by atoms with E-state index in [1.165, 1.54) is 12.8 Å². The van der Waals surface area contributed by atoms with Crippen molar-refractivity contribution >= 4 is 11.6 Å². The Morgan fingerprint density at radius 2 is 2.17 bits per heavy atom. The molecule has 0 aliphatic heterocycles. The smallest absolute Gasteiger partial charge is 0.125 e. The molecule has 0 heterocycles. The molecule has 0 bridgehead atoms. The Labute approximate surface area is 113 Å². The van der Waals surface area contributed by atoms with E-state index >= 15 is 0 Å². The van der Waals surface area contributed by atoms with Crippen molar-refractivity contribution in [2.24, 2.45) is 11.7 Å². The largest absolute Gasteiger partial charge is 0.496 e. The lowest BCUT2D eigenvalue weighted by atomic mass is 10.0. The molecule has 1 atom stereocenters. The van der Waals surface area contributed by atoms with Crippen LogP contribution in [0.1, 0.15) is 30.1 Å². The van der Waals surface area contributed by atoms with Gasteiger partial charge in [0.2, 0.25) is 0 Å². The minimum Gasteiger partial charge on any atom is -0.496 e. The standard InChI is InChI=1S/C14H20ClNO2/c1-9-7-13(17-2)11(8-12(9)15)14(10-3-4-10)18-6-5-16/h7-8,10,14H,3-6,16H2,1-2H3. The Morgan fingerprint density at radius 3 is 2.72 bits per heavy atom. The van der Waals surface area contributed by atoms with Gasteiger partial charge in [-0.2, -0.15) is 0 Å². The maximum atomic E-state index is 6.21. The summed E-state index contributed by atoms with van der Waals surface area (Å²) in [6.07, 6.45) is 2.45. The molecule has 18 heavy (non-hydrogen) atoms. The highest BCUT2D eigenvalue weighted by Crippen LogP contribution is 2.46. The zero-order chi connectivity index (χ0) is 13.1. The van der Waals surface area contributed by atoms with Gasteiger partial charge in [-0.25, -0.2) is 0 Å². The lowest BCUT2D eigenvalue weighted by Crippen LogP contribution is -2.15. The lowest BCUT2D eigenvalue weighted by molar-refractivity contribution is 0.0408. The average molecular weight is 270 g/mol. The summed E-state index contributed by atoms with van der Waals surface area (Å²) in [6, 6.07) is 3.94. The first-order valence-corrected chi connectivity index (χ1v) is 6.71. The highest BCUT2D eigenvalue weighted by atomic mass is 35.5. The first-order valence-electron chi connectivity index (χ1n) is 6.33. The molecule has 1 aromatic carbocycles. The molecule has 1 aliphatic carbocycles. The van der Waals surface area contributed by atoms with E-state index in [0.717, 1.165) is 21.9 Å². The predicted molar refractivity (Wildman–Crippen MR) is 73.2 cm³/mol. The second-order valence-electron chi connectivity index (χ2n) is 4.76. The van der Waals surface area contributed by atoms with Gasteiger partial charge in [0, 0.05) is 17.1 Å². The van der Waals surface area contributed by atoms with Crippen LogP contribution in [0.2, 0.25) is 5.02 Å². The quantitative estimate of drug-likeness (QED) is 0.863. The molecule has 0 radical (unpaired) electrons. The summed E-state index contributed by atoms with van der Waals surface area (Å²) in [5.74, 6) is 1.43. The molecular formula is C14H20ClNO2. The molecule has 1 saturated carbocycles. The van der Waals surface area contributed by atoms with E-state index in [-0.39, 0.29) is 6.10 Å². The Bertz CT molecular complexity index is 419. The lowest BCUT2D eigenvalue weighted by Gasteiger charge is -2.21. The molecular weight excluding hydrogens is 250 g/mol. The van der Waals surface area contributed by atoms with Crippen molar-refractivity contribution in [3.8, 4) is 5.75 Å². The summed E-state index contributed by atoms with van der Waals surface area (Å²) < 4.78 is 11.3. The van der Waals surface area contributed by atoms with Crippen LogP contribution in [0.25, 0.3) is 0 Å². The minimum atomic E-state index is 0.0570.